The number of methoxy groups -OCH3 is 1. The van der Waals surface area contributed by atoms with E-state index in [-0.39, 0.29) is 11.4 Å². The van der Waals surface area contributed by atoms with Crippen molar-refractivity contribution in [2.45, 2.75) is 32.7 Å². The Balaban J connectivity index is 2.49. The first-order chi connectivity index (χ1) is 8.46. The summed E-state index contributed by atoms with van der Waals surface area (Å²) < 4.78 is 5.10. The van der Waals surface area contributed by atoms with E-state index in [9.17, 15) is 4.79 Å². The number of carbonyl (C=O) groups is 1. The number of benzene rings is 1. The van der Waals surface area contributed by atoms with Crippen molar-refractivity contribution in [1.82, 2.24) is 5.32 Å². The summed E-state index contributed by atoms with van der Waals surface area (Å²) in [6.07, 6.45) is 0.972. The molecule has 0 aliphatic heterocycles. The second-order valence-corrected chi connectivity index (χ2v) is 4.87. The van der Waals surface area contributed by atoms with Crippen molar-refractivity contribution in [3.8, 4) is 5.75 Å². The van der Waals surface area contributed by atoms with Gasteiger partial charge in [0.2, 0.25) is 5.91 Å². The minimum Gasteiger partial charge on any atom is -0.497 e. The summed E-state index contributed by atoms with van der Waals surface area (Å²) in [5, 5.41) is 6.05. The van der Waals surface area contributed by atoms with Gasteiger partial charge in [0.15, 0.2) is 0 Å². The van der Waals surface area contributed by atoms with Gasteiger partial charge in [-0.15, -0.1) is 0 Å². The average molecular weight is 250 g/mol. The molecule has 0 atom stereocenters. The van der Waals surface area contributed by atoms with E-state index in [0.717, 1.165) is 17.9 Å². The first kappa shape index (κ1) is 14.5. The van der Waals surface area contributed by atoms with Crippen LogP contribution >= 0.6 is 0 Å². The Morgan fingerprint density at radius 3 is 2.72 bits per heavy atom. The number of amides is 1. The van der Waals surface area contributed by atoms with Crippen molar-refractivity contribution >= 4 is 11.6 Å². The minimum atomic E-state index is -0.0511. The summed E-state index contributed by atoms with van der Waals surface area (Å²) in [5.74, 6) is 0.680. The second kappa shape index (κ2) is 6.40. The molecule has 0 aliphatic rings. The normalized spacial score (nSPS) is 11.1. The Kier molecular flexibility index (Phi) is 5.16. The average Bonchev–Trinajstić information content (AvgIpc) is 2.37. The van der Waals surface area contributed by atoms with Gasteiger partial charge >= 0.3 is 0 Å². The zero-order chi connectivity index (χ0) is 13.6. The quantitative estimate of drug-likeness (QED) is 0.815. The Labute approximate surface area is 109 Å². The molecule has 0 heterocycles. The van der Waals surface area contributed by atoms with Crippen LogP contribution in [-0.4, -0.2) is 25.1 Å². The lowest BCUT2D eigenvalue weighted by Crippen LogP contribution is -2.43. The monoisotopic (exact) mass is 250 g/mol. The molecule has 0 fully saturated rings. The molecular weight excluding hydrogens is 228 g/mol. The highest BCUT2D eigenvalue weighted by molar-refractivity contribution is 5.92. The lowest BCUT2D eigenvalue weighted by atomic mass is 10.0. The fourth-order valence-corrected chi connectivity index (χ4v) is 1.35. The Morgan fingerprint density at radius 1 is 1.39 bits per heavy atom. The molecule has 100 valence electrons. The van der Waals surface area contributed by atoms with E-state index < -0.39 is 0 Å². The van der Waals surface area contributed by atoms with Crippen LogP contribution in [0.3, 0.4) is 0 Å². The third-order valence-corrected chi connectivity index (χ3v) is 2.96. The molecule has 18 heavy (non-hydrogen) atoms. The summed E-state index contributed by atoms with van der Waals surface area (Å²) in [6, 6.07) is 7.32. The van der Waals surface area contributed by atoms with Crippen LogP contribution in [0, 0.1) is 0 Å². The molecule has 0 saturated carbocycles. The van der Waals surface area contributed by atoms with Gasteiger partial charge in [-0.3, -0.25) is 4.79 Å². The van der Waals surface area contributed by atoms with Gasteiger partial charge < -0.3 is 15.4 Å². The minimum absolute atomic E-state index is 0.0221. The van der Waals surface area contributed by atoms with Crippen molar-refractivity contribution in [2.75, 3.05) is 19.0 Å². The SMILES string of the molecule is CCC(C)(C)NCC(=O)Nc1cccc(OC)c1. The lowest BCUT2D eigenvalue weighted by molar-refractivity contribution is -0.115. The van der Waals surface area contributed by atoms with E-state index in [2.05, 4.69) is 31.4 Å². The standard InChI is InChI=1S/C14H22N2O2/c1-5-14(2,3)15-10-13(17)16-11-7-6-8-12(9-11)18-4/h6-9,15H,5,10H2,1-4H3,(H,16,17). The van der Waals surface area contributed by atoms with Crippen LogP contribution in [0.5, 0.6) is 5.75 Å². The largest absolute Gasteiger partial charge is 0.497 e. The summed E-state index contributed by atoms with van der Waals surface area (Å²) in [5.41, 5.74) is 0.724. The Hall–Kier alpha value is -1.55. The smallest absolute Gasteiger partial charge is 0.238 e. The fourth-order valence-electron chi connectivity index (χ4n) is 1.35. The zero-order valence-electron chi connectivity index (χ0n) is 11.5. The van der Waals surface area contributed by atoms with Gasteiger partial charge in [0.1, 0.15) is 5.75 Å². The lowest BCUT2D eigenvalue weighted by Gasteiger charge is -2.24. The predicted molar refractivity (Wildman–Crippen MR) is 74.0 cm³/mol. The molecule has 4 heteroatoms. The summed E-state index contributed by atoms with van der Waals surface area (Å²) >= 11 is 0. The summed E-state index contributed by atoms with van der Waals surface area (Å²) in [6.45, 7) is 6.54. The van der Waals surface area contributed by atoms with Crippen LogP contribution in [0.4, 0.5) is 5.69 Å². The number of rotatable bonds is 6. The van der Waals surface area contributed by atoms with E-state index >= 15 is 0 Å². The van der Waals surface area contributed by atoms with Crippen molar-refractivity contribution in [1.29, 1.82) is 0 Å². The van der Waals surface area contributed by atoms with Crippen LogP contribution in [0.25, 0.3) is 0 Å². The number of anilines is 1. The fraction of sp³-hybridized carbons (Fsp3) is 0.500. The molecule has 0 aromatic heterocycles. The molecule has 0 unspecified atom stereocenters. The number of ether oxygens (including phenoxy) is 1. The Morgan fingerprint density at radius 2 is 2.11 bits per heavy atom. The van der Waals surface area contributed by atoms with Gasteiger partial charge in [0, 0.05) is 17.3 Å². The van der Waals surface area contributed by atoms with Gasteiger partial charge in [-0.2, -0.15) is 0 Å². The predicted octanol–water partition coefficient (Wildman–Crippen LogP) is 2.41. The molecule has 1 amide bonds. The van der Waals surface area contributed by atoms with Crippen LogP contribution in [0.2, 0.25) is 0 Å². The molecule has 1 aromatic carbocycles. The number of hydrogen-bond donors (Lipinski definition) is 2. The molecule has 0 saturated heterocycles. The van der Waals surface area contributed by atoms with E-state index in [1.54, 1.807) is 13.2 Å². The molecule has 0 spiro atoms. The molecule has 2 N–H and O–H groups in total. The summed E-state index contributed by atoms with van der Waals surface area (Å²) in [7, 11) is 1.60. The van der Waals surface area contributed by atoms with Crippen LogP contribution in [0.15, 0.2) is 24.3 Å². The molecule has 0 aliphatic carbocycles. The van der Waals surface area contributed by atoms with E-state index in [0.29, 0.717) is 6.54 Å². The van der Waals surface area contributed by atoms with Crippen molar-refractivity contribution < 1.29 is 9.53 Å². The first-order valence-corrected chi connectivity index (χ1v) is 6.16. The highest BCUT2D eigenvalue weighted by Crippen LogP contribution is 2.16. The highest BCUT2D eigenvalue weighted by Gasteiger charge is 2.15. The molecular formula is C14H22N2O2. The van der Waals surface area contributed by atoms with Crippen molar-refractivity contribution in [3.63, 3.8) is 0 Å². The molecule has 1 aromatic rings. The molecule has 0 bridgehead atoms. The highest BCUT2D eigenvalue weighted by atomic mass is 16.5. The zero-order valence-corrected chi connectivity index (χ0v) is 11.5. The third kappa shape index (κ3) is 4.75. The maximum Gasteiger partial charge on any atom is 0.238 e. The topological polar surface area (TPSA) is 50.4 Å². The third-order valence-electron chi connectivity index (χ3n) is 2.96. The number of hydrogen-bond acceptors (Lipinski definition) is 3. The molecule has 4 nitrogen and oxygen atoms in total. The Bertz CT molecular complexity index is 403. The number of carbonyl (C=O) groups excluding carboxylic acids is 1. The second-order valence-electron chi connectivity index (χ2n) is 4.87. The number of nitrogens with one attached hydrogen (secondary N) is 2. The van der Waals surface area contributed by atoms with Crippen molar-refractivity contribution in [2.24, 2.45) is 0 Å². The van der Waals surface area contributed by atoms with E-state index in [1.165, 1.54) is 0 Å². The van der Waals surface area contributed by atoms with Gasteiger partial charge in [0.05, 0.1) is 13.7 Å². The van der Waals surface area contributed by atoms with Gasteiger partial charge in [-0.1, -0.05) is 13.0 Å². The van der Waals surface area contributed by atoms with Crippen molar-refractivity contribution in [3.05, 3.63) is 24.3 Å². The van der Waals surface area contributed by atoms with Crippen LogP contribution in [0.1, 0.15) is 27.2 Å². The maximum absolute atomic E-state index is 11.8. The van der Waals surface area contributed by atoms with Gasteiger partial charge in [-0.25, -0.2) is 0 Å². The molecule has 0 radical (unpaired) electrons. The van der Waals surface area contributed by atoms with Crippen LogP contribution in [-0.2, 0) is 4.79 Å². The molecule has 1 rings (SSSR count). The maximum atomic E-state index is 11.8. The van der Waals surface area contributed by atoms with E-state index in [1.807, 2.05) is 18.2 Å². The van der Waals surface area contributed by atoms with Gasteiger partial charge in [0.25, 0.3) is 0 Å². The van der Waals surface area contributed by atoms with Gasteiger partial charge in [-0.05, 0) is 32.4 Å². The first-order valence-electron chi connectivity index (χ1n) is 6.16. The van der Waals surface area contributed by atoms with Crippen LogP contribution < -0.4 is 15.4 Å². The summed E-state index contributed by atoms with van der Waals surface area (Å²) in [4.78, 5) is 11.8. The van der Waals surface area contributed by atoms with E-state index in [4.69, 9.17) is 4.74 Å².